The van der Waals surface area contributed by atoms with Crippen molar-refractivity contribution in [2.45, 2.75) is 45.7 Å². The number of aromatic nitrogens is 3. The van der Waals surface area contributed by atoms with Gasteiger partial charge in [-0.2, -0.15) is 13.2 Å². The van der Waals surface area contributed by atoms with E-state index in [2.05, 4.69) is 15.3 Å². The summed E-state index contributed by atoms with van der Waals surface area (Å²) in [5, 5.41) is 2.54. The number of nitrogens with zero attached hydrogens (tertiary/aromatic N) is 4. The summed E-state index contributed by atoms with van der Waals surface area (Å²) in [6.45, 7) is 5.45. The molecular weight excluding hydrogens is 482 g/mol. The van der Waals surface area contributed by atoms with Crippen LogP contribution in [0.15, 0.2) is 29.1 Å². The van der Waals surface area contributed by atoms with Gasteiger partial charge in [0, 0.05) is 37.8 Å². The molecule has 0 radical (unpaired) electrons. The van der Waals surface area contributed by atoms with Crippen molar-refractivity contribution >= 4 is 22.6 Å². The van der Waals surface area contributed by atoms with Crippen molar-refractivity contribution < 1.29 is 27.1 Å². The Hall–Kier alpha value is -3.54. The predicted molar refractivity (Wildman–Crippen MR) is 124 cm³/mol. The molecule has 0 aliphatic carbocycles. The van der Waals surface area contributed by atoms with Crippen molar-refractivity contribution in [2.75, 3.05) is 18.4 Å². The van der Waals surface area contributed by atoms with Crippen LogP contribution < -0.4 is 10.9 Å². The Labute approximate surface area is 203 Å². The van der Waals surface area contributed by atoms with Gasteiger partial charge in [0.15, 0.2) is 11.3 Å². The van der Waals surface area contributed by atoms with Crippen molar-refractivity contribution in [2.24, 2.45) is 7.05 Å². The number of morpholine rings is 1. The Balaban J connectivity index is 1.60. The number of nitrogens with one attached hydrogen (secondary N) is 1. The number of hydrogen-bond donors (Lipinski definition) is 1. The molecule has 2 aromatic heterocycles. The number of carbonyl (C=O) groups is 1. The van der Waals surface area contributed by atoms with Gasteiger partial charge in [-0.05, 0) is 45.0 Å². The smallest absolute Gasteiger partial charge is 0.379 e. The molecular formula is C24H25F4N5O3. The standard InChI is InChI=1S/C24H25F4N5O3/c1-12-10-33(11-13(2)36-12)22(34)15-5-6-19(18(25)8-15)29-9-16-7-17-21(31-20(16)24(26,27)28)30-14(3)32(4)23(17)35/h5-8,12-13,29H,9-11H2,1-4H3. The van der Waals surface area contributed by atoms with Gasteiger partial charge in [-0.25, -0.2) is 14.4 Å². The SMILES string of the molecule is Cc1nc2nc(C(F)(F)F)c(CNc3ccc(C(=O)N4CC(C)OC(C)C4)cc3F)cc2c(=O)n1C. The molecule has 36 heavy (non-hydrogen) atoms. The highest BCUT2D eigenvalue weighted by atomic mass is 19.4. The molecule has 3 heterocycles. The number of pyridine rings is 1. The Morgan fingerprint density at radius 2 is 1.83 bits per heavy atom. The van der Waals surface area contributed by atoms with Gasteiger partial charge in [0.05, 0.1) is 23.3 Å². The lowest BCUT2D eigenvalue weighted by Crippen LogP contribution is -2.48. The molecule has 0 spiro atoms. The van der Waals surface area contributed by atoms with Crippen LogP contribution in [0.2, 0.25) is 0 Å². The summed E-state index contributed by atoms with van der Waals surface area (Å²) in [5.74, 6) is -0.943. The minimum absolute atomic E-state index is 0.0803. The Morgan fingerprint density at radius 3 is 2.44 bits per heavy atom. The molecule has 4 rings (SSSR count). The number of alkyl halides is 3. The molecule has 8 nitrogen and oxygen atoms in total. The number of anilines is 1. The van der Waals surface area contributed by atoms with E-state index in [1.807, 2.05) is 13.8 Å². The van der Waals surface area contributed by atoms with Gasteiger partial charge in [-0.3, -0.25) is 14.2 Å². The summed E-state index contributed by atoms with van der Waals surface area (Å²) in [5.41, 5.74) is -2.39. The molecule has 1 aliphatic heterocycles. The Kier molecular flexibility index (Phi) is 6.74. The second kappa shape index (κ2) is 9.49. The normalized spacial score (nSPS) is 18.5. The molecule has 1 N–H and O–H groups in total. The first kappa shape index (κ1) is 25.5. The Morgan fingerprint density at radius 1 is 1.17 bits per heavy atom. The van der Waals surface area contributed by atoms with Crippen LogP contribution in [0.25, 0.3) is 11.0 Å². The number of rotatable bonds is 4. The zero-order valence-corrected chi connectivity index (χ0v) is 20.1. The van der Waals surface area contributed by atoms with Crippen LogP contribution >= 0.6 is 0 Å². The first-order valence-electron chi connectivity index (χ1n) is 11.3. The number of carbonyl (C=O) groups excluding carboxylic acids is 1. The lowest BCUT2D eigenvalue weighted by molar-refractivity contribution is -0.141. The van der Waals surface area contributed by atoms with Gasteiger partial charge in [0.2, 0.25) is 0 Å². The fourth-order valence-corrected chi connectivity index (χ4v) is 4.23. The molecule has 3 aromatic rings. The van der Waals surface area contributed by atoms with Crippen LogP contribution in [-0.2, 0) is 24.5 Å². The summed E-state index contributed by atoms with van der Waals surface area (Å²) >= 11 is 0. The fourth-order valence-electron chi connectivity index (χ4n) is 4.23. The largest absolute Gasteiger partial charge is 0.433 e. The first-order chi connectivity index (χ1) is 16.8. The second-order valence-corrected chi connectivity index (χ2v) is 8.90. The van der Waals surface area contributed by atoms with Crippen LogP contribution in [0, 0.1) is 12.7 Å². The second-order valence-electron chi connectivity index (χ2n) is 8.90. The van der Waals surface area contributed by atoms with Crippen LogP contribution in [0.1, 0.15) is 41.3 Å². The van der Waals surface area contributed by atoms with E-state index < -0.39 is 29.8 Å². The van der Waals surface area contributed by atoms with E-state index in [1.165, 1.54) is 30.7 Å². The van der Waals surface area contributed by atoms with Crippen molar-refractivity contribution in [1.29, 1.82) is 0 Å². The third-order valence-corrected chi connectivity index (χ3v) is 6.03. The number of benzene rings is 1. The van der Waals surface area contributed by atoms with Gasteiger partial charge in [0.1, 0.15) is 11.6 Å². The number of halogens is 4. The minimum atomic E-state index is -4.82. The highest BCUT2D eigenvalue weighted by Crippen LogP contribution is 2.32. The molecule has 1 amide bonds. The lowest BCUT2D eigenvalue weighted by atomic mass is 10.1. The van der Waals surface area contributed by atoms with E-state index in [1.54, 1.807) is 4.90 Å². The molecule has 1 aromatic carbocycles. The average molecular weight is 507 g/mol. The maximum absolute atomic E-state index is 14.8. The van der Waals surface area contributed by atoms with E-state index in [4.69, 9.17) is 4.74 Å². The Bertz CT molecular complexity index is 1380. The molecule has 2 unspecified atom stereocenters. The number of fused-ring (bicyclic) bond motifs is 1. The van der Waals surface area contributed by atoms with Crippen molar-refractivity contribution in [3.05, 3.63) is 63.1 Å². The number of aryl methyl sites for hydroxylation is 1. The zero-order chi connectivity index (χ0) is 26.4. The topological polar surface area (TPSA) is 89.4 Å². The highest BCUT2D eigenvalue weighted by Gasteiger charge is 2.36. The summed E-state index contributed by atoms with van der Waals surface area (Å²) < 4.78 is 62.8. The number of hydrogen-bond acceptors (Lipinski definition) is 6. The molecule has 1 saturated heterocycles. The molecule has 0 saturated carbocycles. The summed E-state index contributed by atoms with van der Waals surface area (Å²) in [7, 11) is 1.45. The monoisotopic (exact) mass is 507 g/mol. The number of amides is 1. The summed E-state index contributed by atoms with van der Waals surface area (Å²) in [6, 6.07) is 4.82. The van der Waals surface area contributed by atoms with Gasteiger partial charge < -0.3 is 15.0 Å². The van der Waals surface area contributed by atoms with Crippen molar-refractivity contribution in [1.82, 2.24) is 19.4 Å². The zero-order valence-electron chi connectivity index (χ0n) is 20.1. The van der Waals surface area contributed by atoms with E-state index >= 15 is 0 Å². The third kappa shape index (κ3) is 5.03. The first-order valence-corrected chi connectivity index (χ1v) is 11.3. The maximum Gasteiger partial charge on any atom is 0.433 e. The van der Waals surface area contributed by atoms with Gasteiger partial charge >= 0.3 is 6.18 Å². The summed E-state index contributed by atoms with van der Waals surface area (Å²) in [6.07, 6.45) is -5.13. The van der Waals surface area contributed by atoms with Crippen molar-refractivity contribution in [3.63, 3.8) is 0 Å². The van der Waals surface area contributed by atoms with E-state index in [9.17, 15) is 27.2 Å². The lowest BCUT2D eigenvalue weighted by Gasteiger charge is -2.35. The van der Waals surface area contributed by atoms with E-state index in [0.29, 0.717) is 13.1 Å². The molecule has 1 fully saturated rings. The van der Waals surface area contributed by atoms with Crippen molar-refractivity contribution in [3.8, 4) is 0 Å². The van der Waals surface area contributed by atoms with Crippen LogP contribution in [0.3, 0.4) is 0 Å². The van der Waals surface area contributed by atoms with E-state index in [-0.39, 0.29) is 51.8 Å². The summed E-state index contributed by atoms with van der Waals surface area (Å²) in [4.78, 5) is 34.5. The minimum Gasteiger partial charge on any atom is -0.379 e. The fraction of sp³-hybridized carbons (Fsp3) is 0.417. The molecule has 192 valence electrons. The molecule has 2 atom stereocenters. The van der Waals surface area contributed by atoms with Crippen LogP contribution in [0.5, 0.6) is 0 Å². The average Bonchev–Trinajstić information content (AvgIpc) is 2.80. The van der Waals surface area contributed by atoms with Gasteiger partial charge in [-0.1, -0.05) is 0 Å². The van der Waals surface area contributed by atoms with Crippen LogP contribution in [0.4, 0.5) is 23.2 Å². The van der Waals surface area contributed by atoms with E-state index in [0.717, 1.165) is 12.1 Å². The van der Waals surface area contributed by atoms with Gasteiger partial charge in [0.25, 0.3) is 11.5 Å². The predicted octanol–water partition coefficient (Wildman–Crippen LogP) is 3.66. The quantitative estimate of drug-likeness (QED) is 0.543. The van der Waals surface area contributed by atoms with Gasteiger partial charge in [-0.15, -0.1) is 0 Å². The third-order valence-electron chi connectivity index (χ3n) is 6.03. The molecule has 1 aliphatic rings. The highest BCUT2D eigenvalue weighted by molar-refractivity contribution is 5.94. The number of ether oxygens (including phenoxy) is 1. The maximum atomic E-state index is 14.8. The van der Waals surface area contributed by atoms with Crippen LogP contribution in [-0.4, -0.2) is 50.6 Å². The molecule has 0 bridgehead atoms. The molecule has 12 heteroatoms.